The zero-order valence-corrected chi connectivity index (χ0v) is 19.0. The van der Waals surface area contributed by atoms with Gasteiger partial charge in [-0.3, -0.25) is 0 Å². The molecule has 0 bridgehead atoms. The highest BCUT2D eigenvalue weighted by Gasteiger charge is 2.14. The molecule has 33 heavy (non-hydrogen) atoms. The SMILES string of the molecule is c1cc(Pc2ccc(Cc3ccc4c(c3)OCO4)cc2)ccc1Cc1ccc2c(c1)OCO2. The fourth-order valence-electron chi connectivity index (χ4n) is 4.15. The summed E-state index contributed by atoms with van der Waals surface area (Å²) in [6.07, 6.45) is 1.77. The average molecular weight is 454 g/mol. The molecule has 4 aromatic carbocycles. The van der Waals surface area contributed by atoms with Gasteiger partial charge < -0.3 is 18.9 Å². The molecular weight excluding hydrogens is 431 g/mol. The molecule has 4 nitrogen and oxygen atoms in total. The Morgan fingerprint density at radius 1 is 0.455 bits per heavy atom. The molecule has 0 aliphatic carbocycles. The molecule has 164 valence electrons. The summed E-state index contributed by atoms with van der Waals surface area (Å²) in [4.78, 5) is 0. The van der Waals surface area contributed by atoms with E-state index < -0.39 is 0 Å². The maximum Gasteiger partial charge on any atom is 0.231 e. The Kier molecular flexibility index (Phi) is 5.37. The largest absolute Gasteiger partial charge is 0.454 e. The van der Waals surface area contributed by atoms with Crippen molar-refractivity contribution in [3.8, 4) is 23.0 Å². The molecule has 4 aromatic rings. The lowest BCUT2D eigenvalue weighted by atomic mass is 10.0. The molecule has 2 heterocycles. The summed E-state index contributed by atoms with van der Waals surface area (Å²) in [7, 11) is 0.641. The molecule has 0 N–H and O–H groups in total. The van der Waals surface area contributed by atoms with Crippen molar-refractivity contribution in [2.24, 2.45) is 0 Å². The van der Waals surface area contributed by atoms with Gasteiger partial charge in [0.1, 0.15) is 0 Å². The Balaban J connectivity index is 1.07. The molecular formula is C28H23O4P. The molecule has 0 spiro atoms. The van der Waals surface area contributed by atoms with E-state index in [1.54, 1.807) is 0 Å². The monoisotopic (exact) mass is 454 g/mol. The number of hydrogen-bond acceptors (Lipinski definition) is 4. The van der Waals surface area contributed by atoms with E-state index in [4.69, 9.17) is 18.9 Å². The van der Waals surface area contributed by atoms with Gasteiger partial charge in [0.05, 0.1) is 0 Å². The van der Waals surface area contributed by atoms with Gasteiger partial charge in [-0.15, -0.1) is 0 Å². The van der Waals surface area contributed by atoms with Crippen LogP contribution in [0.1, 0.15) is 22.3 Å². The molecule has 0 radical (unpaired) electrons. The van der Waals surface area contributed by atoms with Crippen molar-refractivity contribution in [3.05, 3.63) is 107 Å². The second-order valence-corrected chi connectivity index (χ2v) is 9.65. The van der Waals surface area contributed by atoms with Crippen LogP contribution in [0.4, 0.5) is 0 Å². The van der Waals surface area contributed by atoms with Gasteiger partial charge in [-0.2, -0.15) is 0 Å². The molecule has 0 atom stereocenters. The first kappa shape index (κ1) is 20.1. The maximum absolute atomic E-state index is 5.49. The molecule has 2 aliphatic heterocycles. The van der Waals surface area contributed by atoms with Crippen LogP contribution in [-0.4, -0.2) is 13.6 Å². The zero-order valence-electron chi connectivity index (χ0n) is 18.0. The van der Waals surface area contributed by atoms with Gasteiger partial charge in [-0.25, -0.2) is 0 Å². The van der Waals surface area contributed by atoms with Gasteiger partial charge in [-0.1, -0.05) is 69.2 Å². The van der Waals surface area contributed by atoms with Gasteiger partial charge in [0, 0.05) is 0 Å². The van der Waals surface area contributed by atoms with Crippen molar-refractivity contribution in [2.45, 2.75) is 12.8 Å². The van der Waals surface area contributed by atoms with E-state index in [0.717, 1.165) is 35.8 Å². The molecule has 0 saturated carbocycles. The molecule has 0 unspecified atom stereocenters. The second kappa shape index (κ2) is 8.80. The predicted octanol–water partition coefficient (Wildman–Crippen LogP) is 4.95. The zero-order chi connectivity index (χ0) is 22.0. The summed E-state index contributed by atoms with van der Waals surface area (Å²) < 4.78 is 21.8. The molecule has 0 saturated heterocycles. The Morgan fingerprint density at radius 3 is 1.30 bits per heavy atom. The van der Waals surface area contributed by atoms with Crippen LogP contribution in [0.3, 0.4) is 0 Å². The number of ether oxygens (including phenoxy) is 4. The van der Waals surface area contributed by atoms with E-state index in [2.05, 4.69) is 72.8 Å². The van der Waals surface area contributed by atoms with Gasteiger partial charge in [0.15, 0.2) is 23.0 Å². The minimum Gasteiger partial charge on any atom is -0.454 e. The summed E-state index contributed by atoms with van der Waals surface area (Å²) in [5, 5.41) is 2.68. The minimum absolute atomic E-state index is 0.313. The van der Waals surface area contributed by atoms with Crippen molar-refractivity contribution in [1.82, 2.24) is 0 Å². The molecule has 0 amide bonds. The number of rotatable bonds is 6. The Hall–Kier alpha value is -3.49. The van der Waals surface area contributed by atoms with Crippen LogP contribution in [0.2, 0.25) is 0 Å². The van der Waals surface area contributed by atoms with Crippen LogP contribution in [0.15, 0.2) is 84.9 Å². The van der Waals surface area contributed by atoms with E-state index in [1.807, 2.05) is 12.1 Å². The average Bonchev–Trinajstić information content (AvgIpc) is 3.50. The van der Waals surface area contributed by atoms with Crippen LogP contribution < -0.4 is 29.6 Å². The van der Waals surface area contributed by atoms with E-state index >= 15 is 0 Å². The number of hydrogen-bond donors (Lipinski definition) is 0. The van der Waals surface area contributed by atoms with Crippen molar-refractivity contribution >= 4 is 19.2 Å². The third-order valence-corrected chi connectivity index (χ3v) is 7.13. The van der Waals surface area contributed by atoms with Crippen molar-refractivity contribution in [1.29, 1.82) is 0 Å². The predicted molar refractivity (Wildman–Crippen MR) is 131 cm³/mol. The van der Waals surface area contributed by atoms with Crippen molar-refractivity contribution in [3.63, 3.8) is 0 Å². The quantitative estimate of drug-likeness (QED) is 0.386. The molecule has 0 aromatic heterocycles. The van der Waals surface area contributed by atoms with E-state index in [9.17, 15) is 0 Å². The molecule has 5 heteroatoms. The molecule has 0 fully saturated rings. The van der Waals surface area contributed by atoms with Crippen LogP contribution in [0, 0.1) is 0 Å². The smallest absolute Gasteiger partial charge is 0.231 e. The lowest BCUT2D eigenvalue weighted by molar-refractivity contribution is 0.173. The Labute approximate surface area is 194 Å². The fourth-order valence-corrected chi connectivity index (χ4v) is 5.15. The van der Waals surface area contributed by atoms with E-state index in [0.29, 0.717) is 22.2 Å². The molecule has 2 aliphatic rings. The Morgan fingerprint density at radius 2 is 0.848 bits per heavy atom. The topological polar surface area (TPSA) is 36.9 Å². The Bertz CT molecular complexity index is 1180. The van der Waals surface area contributed by atoms with Crippen molar-refractivity contribution in [2.75, 3.05) is 13.6 Å². The summed E-state index contributed by atoms with van der Waals surface area (Å²) in [5.41, 5.74) is 5.04. The number of benzene rings is 4. The summed E-state index contributed by atoms with van der Waals surface area (Å²) in [5.74, 6) is 3.34. The van der Waals surface area contributed by atoms with E-state index in [1.165, 1.54) is 32.9 Å². The minimum atomic E-state index is 0.313. The van der Waals surface area contributed by atoms with Crippen molar-refractivity contribution < 1.29 is 18.9 Å². The van der Waals surface area contributed by atoms with Gasteiger partial charge in [0.2, 0.25) is 13.6 Å². The lowest BCUT2D eigenvalue weighted by Crippen LogP contribution is -2.04. The van der Waals surface area contributed by atoms with Gasteiger partial charge >= 0.3 is 0 Å². The first-order valence-electron chi connectivity index (χ1n) is 11.0. The van der Waals surface area contributed by atoms with E-state index in [-0.39, 0.29) is 0 Å². The highest BCUT2D eigenvalue weighted by atomic mass is 31.1. The highest BCUT2D eigenvalue weighted by Crippen LogP contribution is 2.34. The first-order valence-corrected chi connectivity index (χ1v) is 12.0. The third kappa shape index (κ3) is 4.53. The lowest BCUT2D eigenvalue weighted by Gasteiger charge is -2.08. The fraction of sp³-hybridized carbons (Fsp3) is 0.143. The standard InChI is InChI=1S/C28H23O4P/c1-7-23(8-2-19(1)13-21-5-11-25-27(15-21)31-17-29-25)33-24-9-3-20(4-10-24)14-22-6-12-26-28(16-22)32-18-30-26/h1-12,15-16,33H,13-14,17-18H2. The van der Waals surface area contributed by atoms with Crippen LogP contribution in [0.5, 0.6) is 23.0 Å². The maximum atomic E-state index is 5.49. The summed E-state index contributed by atoms with van der Waals surface area (Å²) in [6.45, 7) is 0.627. The highest BCUT2D eigenvalue weighted by molar-refractivity contribution is 7.55. The third-order valence-electron chi connectivity index (χ3n) is 5.89. The second-order valence-electron chi connectivity index (χ2n) is 8.25. The van der Waals surface area contributed by atoms with Gasteiger partial charge in [-0.05, 0) is 70.0 Å². The summed E-state index contributed by atoms with van der Waals surface area (Å²) in [6, 6.07) is 30.2. The number of fused-ring (bicyclic) bond motifs is 2. The van der Waals surface area contributed by atoms with Gasteiger partial charge in [0.25, 0.3) is 0 Å². The van der Waals surface area contributed by atoms with Crippen LogP contribution >= 0.6 is 8.58 Å². The normalized spacial score (nSPS) is 13.3. The van der Waals surface area contributed by atoms with Crippen LogP contribution in [-0.2, 0) is 12.8 Å². The molecule has 6 rings (SSSR count). The van der Waals surface area contributed by atoms with Crippen LogP contribution in [0.25, 0.3) is 0 Å². The summed E-state index contributed by atoms with van der Waals surface area (Å²) >= 11 is 0. The first-order chi connectivity index (χ1) is 16.3.